The summed E-state index contributed by atoms with van der Waals surface area (Å²) < 4.78 is 0.752. The van der Waals surface area contributed by atoms with Crippen LogP contribution in [0.15, 0.2) is 58.3 Å². The molecule has 0 atom stereocenters. The second-order valence-corrected chi connectivity index (χ2v) is 8.61. The van der Waals surface area contributed by atoms with E-state index < -0.39 is 5.91 Å². The van der Waals surface area contributed by atoms with Crippen molar-refractivity contribution < 1.29 is 14.4 Å². The number of rotatable bonds is 9. The van der Waals surface area contributed by atoms with E-state index in [0.717, 1.165) is 10.8 Å². The molecule has 0 spiro atoms. The summed E-state index contributed by atoms with van der Waals surface area (Å²) in [4.78, 5) is 40.1. The van der Waals surface area contributed by atoms with Gasteiger partial charge in [0.2, 0.25) is 11.8 Å². The molecule has 0 saturated heterocycles. The number of ketones is 1. The number of hydrogen-bond donors (Lipinski definition) is 2. The molecular formula is C22H21N3O3S2. The first-order valence-corrected chi connectivity index (χ1v) is 11.2. The molecule has 0 aliphatic rings. The number of hydrogen-bond acceptors (Lipinski definition) is 6. The standard InChI is InChI=1S/C22H21N3O3S2/c1-2-14-3-5-15(6-4-14)19(26)13-30-22-25-18(12-29-22)11-20(27)24-17-9-7-16(8-10-17)21(23)28/h3-10,12H,2,11,13H2,1H3,(H2,23,28)(H,24,27). The highest BCUT2D eigenvalue weighted by molar-refractivity contribution is 8.01. The van der Waals surface area contributed by atoms with Gasteiger partial charge >= 0.3 is 0 Å². The number of carbonyl (C=O) groups is 3. The van der Waals surface area contributed by atoms with Crippen molar-refractivity contribution in [3.63, 3.8) is 0 Å². The van der Waals surface area contributed by atoms with Gasteiger partial charge in [-0.1, -0.05) is 43.0 Å². The Balaban J connectivity index is 1.49. The molecule has 0 unspecified atom stereocenters. The van der Waals surface area contributed by atoms with Crippen LogP contribution in [-0.4, -0.2) is 28.3 Å². The zero-order valence-electron chi connectivity index (χ0n) is 16.4. The lowest BCUT2D eigenvalue weighted by Crippen LogP contribution is -2.15. The Morgan fingerprint density at radius 2 is 1.70 bits per heavy atom. The van der Waals surface area contributed by atoms with Crippen molar-refractivity contribution in [1.29, 1.82) is 0 Å². The molecule has 0 aliphatic heterocycles. The smallest absolute Gasteiger partial charge is 0.248 e. The number of nitrogens with two attached hydrogens (primary N) is 1. The lowest BCUT2D eigenvalue weighted by molar-refractivity contribution is -0.115. The van der Waals surface area contributed by atoms with E-state index in [9.17, 15) is 14.4 Å². The van der Waals surface area contributed by atoms with E-state index in [2.05, 4.69) is 17.2 Å². The Bertz CT molecular complexity index is 1040. The average Bonchev–Trinajstić information content (AvgIpc) is 3.19. The minimum absolute atomic E-state index is 0.0524. The van der Waals surface area contributed by atoms with Gasteiger partial charge in [-0.25, -0.2) is 4.98 Å². The van der Waals surface area contributed by atoms with Crippen molar-refractivity contribution in [2.24, 2.45) is 5.73 Å². The van der Waals surface area contributed by atoms with Gasteiger partial charge in [-0.15, -0.1) is 11.3 Å². The molecular weight excluding hydrogens is 418 g/mol. The zero-order chi connectivity index (χ0) is 21.5. The average molecular weight is 440 g/mol. The van der Waals surface area contributed by atoms with Gasteiger partial charge in [0.1, 0.15) is 0 Å². The Morgan fingerprint density at radius 1 is 1.03 bits per heavy atom. The number of anilines is 1. The van der Waals surface area contributed by atoms with Gasteiger partial charge in [0.05, 0.1) is 17.9 Å². The summed E-state index contributed by atoms with van der Waals surface area (Å²) in [6, 6.07) is 14.0. The second-order valence-electron chi connectivity index (χ2n) is 6.53. The number of benzene rings is 2. The van der Waals surface area contributed by atoms with Crippen LogP contribution in [0.25, 0.3) is 0 Å². The highest BCUT2D eigenvalue weighted by Crippen LogP contribution is 2.24. The molecule has 1 heterocycles. The van der Waals surface area contributed by atoms with E-state index in [1.54, 1.807) is 24.3 Å². The molecule has 0 fully saturated rings. The lowest BCUT2D eigenvalue weighted by atomic mass is 10.1. The molecule has 0 bridgehead atoms. The van der Waals surface area contributed by atoms with Crippen molar-refractivity contribution in [3.8, 4) is 0 Å². The Kier molecular flexibility index (Phi) is 7.37. The highest BCUT2D eigenvalue weighted by atomic mass is 32.2. The maximum absolute atomic E-state index is 12.3. The summed E-state index contributed by atoms with van der Waals surface area (Å²) in [6.45, 7) is 2.08. The Labute approximate surface area is 182 Å². The van der Waals surface area contributed by atoms with Crippen LogP contribution in [0.5, 0.6) is 0 Å². The monoisotopic (exact) mass is 439 g/mol. The quantitative estimate of drug-likeness (QED) is 0.388. The number of Topliss-reactive ketones (excluding diaryl/α,β-unsaturated/α-hetero) is 1. The summed E-state index contributed by atoms with van der Waals surface area (Å²) in [5.41, 5.74) is 8.70. The van der Waals surface area contributed by atoms with Gasteiger partial charge < -0.3 is 11.1 Å². The van der Waals surface area contributed by atoms with Crippen molar-refractivity contribution in [2.75, 3.05) is 11.1 Å². The Hall–Kier alpha value is -2.97. The number of primary amides is 1. The summed E-state index contributed by atoms with van der Waals surface area (Å²) in [7, 11) is 0. The molecule has 2 aromatic carbocycles. The maximum atomic E-state index is 12.3. The van der Waals surface area contributed by atoms with Crippen LogP contribution in [0.3, 0.4) is 0 Å². The van der Waals surface area contributed by atoms with Crippen molar-refractivity contribution in [2.45, 2.75) is 24.1 Å². The van der Waals surface area contributed by atoms with Crippen molar-refractivity contribution in [3.05, 3.63) is 76.3 Å². The number of nitrogens with one attached hydrogen (secondary N) is 1. The number of aryl methyl sites for hydroxylation is 1. The molecule has 8 heteroatoms. The molecule has 2 amide bonds. The van der Waals surface area contributed by atoms with Crippen molar-refractivity contribution in [1.82, 2.24) is 4.98 Å². The third-order valence-electron chi connectivity index (χ3n) is 4.34. The number of thiazole rings is 1. The number of thioether (sulfide) groups is 1. The molecule has 0 saturated carbocycles. The molecule has 3 N–H and O–H groups in total. The molecule has 0 radical (unpaired) electrons. The zero-order valence-corrected chi connectivity index (χ0v) is 18.0. The molecule has 1 aromatic heterocycles. The number of amides is 2. The largest absolute Gasteiger partial charge is 0.366 e. The molecule has 154 valence electrons. The molecule has 3 rings (SSSR count). The van der Waals surface area contributed by atoms with Crippen LogP contribution in [0.4, 0.5) is 5.69 Å². The first kappa shape index (κ1) is 21.7. The third kappa shape index (κ3) is 6.01. The number of aromatic nitrogens is 1. The summed E-state index contributed by atoms with van der Waals surface area (Å²) in [6.07, 6.45) is 1.07. The third-order valence-corrected chi connectivity index (χ3v) is 6.41. The van der Waals surface area contributed by atoms with Gasteiger partial charge in [0.25, 0.3) is 0 Å². The van der Waals surface area contributed by atoms with Gasteiger partial charge in [0, 0.05) is 22.2 Å². The van der Waals surface area contributed by atoms with Gasteiger partial charge in [-0.3, -0.25) is 14.4 Å². The topological polar surface area (TPSA) is 102 Å². The van der Waals surface area contributed by atoms with Crippen molar-refractivity contribution >= 4 is 46.4 Å². The molecule has 0 aliphatic carbocycles. The normalized spacial score (nSPS) is 10.6. The second kappa shape index (κ2) is 10.2. The Morgan fingerprint density at radius 3 is 2.33 bits per heavy atom. The minimum Gasteiger partial charge on any atom is -0.366 e. The van der Waals surface area contributed by atoms with E-state index in [-0.39, 0.29) is 18.1 Å². The SMILES string of the molecule is CCc1ccc(C(=O)CSc2nc(CC(=O)Nc3ccc(C(N)=O)cc3)cs2)cc1. The summed E-state index contributed by atoms with van der Waals surface area (Å²) >= 11 is 2.79. The predicted octanol–water partition coefficient (Wildman–Crippen LogP) is 3.96. The fourth-order valence-corrected chi connectivity index (χ4v) is 4.40. The van der Waals surface area contributed by atoms with E-state index in [1.165, 1.54) is 28.7 Å². The van der Waals surface area contributed by atoms with Crippen LogP contribution >= 0.6 is 23.1 Å². The molecule has 30 heavy (non-hydrogen) atoms. The van der Waals surface area contributed by atoms with Crippen LogP contribution in [0, 0.1) is 0 Å². The van der Waals surface area contributed by atoms with Crippen LogP contribution in [-0.2, 0) is 17.6 Å². The lowest BCUT2D eigenvalue weighted by Gasteiger charge is -2.04. The summed E-state index contributed by atoms with van der Waals surface area (Å²) in [5.74, 6) is -0.374. The van der Waals surface area contributed by atoms with E-state index in [4.69, 9.17) is 5.73 Å². The van der Waals surface area contributed by atoms with Gasteiger partial charge in [-0.05, 0) is 36.2 Å². The maximum Gasteiger partial charge on any atom is 0.248 e. The van der Waals surface area contributed by atoms with E-state index in [1.807, 2.05) is 29.6 Å². The number of nitrogens with zero attached hydrogens (tertiary/aromatic N) is 1. The van der Waals surface area contributed by atoms with E-state index >= 15 is 0 Å². The fourth-order valence-electron chi connectivity index (χ4n) is 2.66. The van der Waals surface area contributed by atoms with Gasteiger partial charge in [-0.2, -0.15) is 0 Å². The van der Waals surface area contributed by atoms with E-state index in [0.29, 0.717) is 28.3 Å². The fraction of sp³-hybridized carbons (Fsp3) is 0.182. The molecule has 3 aromatic rings. The minimum atomic E-state index is -0.517. The first-order chi connectivity index (χ1) is 14.4. The van der Waals surface area contributed by atoms with Gasteiger partial charge in [0.15, 0.2) is 10.1 Å². The summed E-state index contributed by atoms with van der Waals surface area (Å²) in [5, 5.41) is 4.58. The molecule has 6 nitrogen and oxygen atoms in total. The van der Waals surface area contributed by atoms with Crippen LogP contribution in [0.1, 0.15) is 38.9 Å². The number of carbonyl (C=O) groups excluding carboxylic acids is 3. The first-order valence-electron chi connectivity index (χ1n) is 9.33. The van der Waals surface area contributed by atoms with Crippen LogP contribution < -0.4 is 11.1 Å². The predicted molar refractivity (Wildman–Crippen MR) is 120 cm³/mol. The van der Waals surface area contributed by atoms with Crippen LogP contribution in [0.2, 0.25) is 0 Å². The highest BCUT2D eigenvalue weighted by Gasteiger charge is 2.12.